The summed E-state index contributed by atoms with van der Waals surface area (Å²) in [6.07, 6.45) is 8.11. The van der Waals surface area contributed by atoms with E-state index in [9.17, 15) is 0 Å². The Morgan fingerprint density at radius 3 is 2.33 bits per heavy atom. The van der Waals surface area contributed by atoms with Gasteiger partial charge in [-0.15, -0.1) is 0 Å². The van der Waals surface area contributed by atoms with Gasteiger partial charge in [0, 0.05) is 6.04 Å². The van der Waals surface area contributed by atoms with Crippen LogP contribution in [0.2, 0.25) is 0 Å². The van der Waals surface area contributed by atoms with Crippen LogP contribution in [0.15, 0.2) is 0 Å². The average Bonchev–Trinajstić information content (AvgIpc) is 2.80. The van der Waals surface area contributed by atoms with E-state index >= 15 is 0 Å². The quantitative estimate of drug-likeness (QED) is 0.650. The van der Waals surface area contributed by atoms with Gasteiger partial charge in [-0.05, 0) is 37.5 Å². The zero-order valence-electron chi connectivity index (χ0n) is 8.55. The molecule has 2 N–H and O–H groups in total. The minimum absolute atomic E-state index is 0.480. The highest BCUT2D eigenvalue weighted by Gasteiger charge is 2.21. The van der Waals surface area contributed by atoms with Crippen molar-refractivity contribution < 1.29 is 0 Å². The fraction of sp³-hybridized carbons (Fsp3) is 1.00. The standard InChI is InChI=1S/C11H23N/c1-9(2)3-7-11(12)8-6-10-4-5-10/h9-11H,3-8,12H2,1-2H3. The van der Waals surface area contributed by atoms with Crippen LogP contribution in [0.4, 0.5) is 0 Å². The summed E-state index contributed by atoms with van der Waals surface area (Å²) in [5, 5.41) is 0. The molecule has 1 saturated carbocycles. The largest absolute Gasteiger partial charge is 0.328 e. The van der Waals surface area contributed by atoms with Crippen LogP contribution in [0.1, 0.15) is 52.4 Å². The summed E-state index contributed by atoms with van der Waals surface area (Å²) in [5.74, 6) is 1.87. The molecule has 1 rings (SSSR count). The van der Waals surface area contributed by atoms with E-state index < -0.39 is 0 Å². The van der Waals surface area contributed by atoms with Crippen LogP contribution in [0.5, 0.6) is 0 Å². The molecule has 72 valence electrons. The Bertz CT molecular complexity index is 110. The molecule has 0 heterocycles. The molecule has 0 spiro atoms. The molecular formula is C11H23N. The SMILES string of the molecule is CC(C)CCC(N)CCC1CC1. The van der Waals surface area contributed by atoms with Gasteiger partial charge in [0.05, 0.1) is 0 Å². The molecule has 0 bridgehead atoms. The van der Waals surface area contributed by atoms with Crippen LogP contribution < -0.4 is 5.73 Å². The first-order valence-corrected chi connectivity index (χ1v) is 5.44. The Labute approximate surface area is 76.7 Å². The predicted octanol–water partition coefficient (Wildman–Crippen LogP) is 2.94. The first kappa shape index (κ1) is 10.0. The molecule has 1 heteroatoms. The van der Waals surface area contributed by atoms with Gasteiger partial charge in [-0.25, -0.2) is 0 Å². The van der Waals surface area contributed by atoms with Gasteiger partial charge < -0.3 is 5.73 Å². The molecule has 1 aliphatic rings. The summed E-state index contributed by atoms with van der Waals surface area (Å²) in [4.78, 5) is 0. The molecule has 1 atom stereocenters. The molecular weight excluding hydrogens is 146 g/mol. The van der Waals surface area contributed by atoms with Gasteiger partial charge in [0.2, 0.25) is 0 Å². The van der Waals surface area contributed by atoms with Crippen LogP contribution in [-0.2, 0) is 0 Å². The number of rotatable bonds is 6. The third kappa shape index (κ3) is 4.76. The zero-order chi connectivity index (χ0) is 8.97. The van der Waals surface area contributed by atoms with Crippen molar-refractivity contribution in [2.45, 2.75) is 58.4 Å². The second kappa shape index (κ2) is 4.86. The van der Waals surface area contributed by atoms with Crippen molar-refractivity contribution in [3.63, 3.8) is 0 Å². The molecule has 0 radical (unpaired) electrons. The highest BCUT2D eigenvalue weighted by atomic mass is 14.6. The van der Waals surface area contributed by atoms with E-state index in [1.54, 1.807) is 0 Å². The highest BCUT2D eigenvalue weighted by molar-refractivity contribution is 4.75. The molecule has 1 unspecified atom stereocenters. The summed E-state index contributed by atoms with van der Waals surface area (Å²) in [6.45, 7) is 4.54. The molecule has 1 fully saturated rings. The lowest BCUT2D eigenvalue weighted by atomic mass is 10.00. The number of hydrogen-bond acceptors (Lipinski definition) is 1. The molecule has 1 nitrogen and oxygen atoms in total. The first-order chi connectivity index (χ1) is 5.68. The highest BCUT2D eigenvalue weighted by Crippen LogP contribution is 2.34. The number of hydrogen-bond donors (Lipinski definition) is 1. The molecule has 0 amide bonds. The van der Waals surface area contributed by atoms with Crippen molar-refractivity contribution in [2.24, 2.45) is 17.6 Å². The Morgan fingerprint density at radius 2 is 1.83 bits per heavy atom. The normalized spacial score (nSPS) is 20.0. The van der Waals surface area contributed by atoms with Gasteiger partial charge in [-0.2, -0.15) is 0 Å². The van der Waals surface area contributed by atoms with Crippen molar-refractivity contribution in [3.05, 3.63) is 0 Å². The zero-order valence-corrected chi connectivity index (χ0v) is 8.55. The minimum Gasteiger partial charge on any atom is -0.328 e. The van der Waals surface area contributed by atoms with E-state index in [2.05, 4.69) is 13.8 Å². The van der Waals surface area contributed by atoms with E-state index in [4.69, 9.17) is 5.73 Å². The van der Waals surface area contributed by atoms with Gasteiger partial charge in [-0.1, -0.05) is 26.7 Å². The maximum atomic E-state index is 6.00. The summed E-state index contributed by atoms with van der Waals surface area (Å²) >= 11 is 0. The van der Waals surface area contributed by atoms with Gasteiger partial charge in [0.15, 0.2) is 0 Å². The van der Waals surface area contributed by atoms with E-state index in [-0.39, 0.29) is 0 Å². The van der Waals surface area contributed by atoms with E-state index in [1.807, 2.05) is 0 Å². The maximum Gasteiger partial charge on any atom is 0.00390 e. The molecule has 0 aromatic carbocycles. The van der Waals surface area contributed by atoms with Crippen molar-refractivity contribution in [3.8, 4) is 0 Å². The lowest BCUT2D eigenvalue weighted by Crippen LogP contribution is -2.20. The van der Waals surface area contributed by atoms with Crippen LogP contribution in [0.25, 0.3) is 0 Å². The Kier molecular flexibility index (Phi) is 4.07. The lowest BCUT2D eigenvalue weighted by molar-refractivity contribution is 0.461. The van der Waals surface area contributed by atoms with Crippen LogP contribution in [0.3, 0.4) is 0 Å². The molecule has 0 aromatic heterocycles. The van der Waals surface area contributed by atoms with E-state index in [0.717, 1.165) is 11.8 Å². The van der Waals surface area contributed by atoms with Gasteiger partial charge in [0.1, 0.15) is 0 Å². The first-order valence-electron chi connectivity index (χ1n) is 5.44. The third-order valence-corrected chi connectivity index (χ3v) is 2.76. The fourth-order valence-corrected chi connectivity index (χ4v) is 1.55. The van der Waals surface area contributed by atoms with E-state index in [0.29, 0.717) is 6.04 Å². The van der Waals surface area contributed by atoms with Crippen molar-refractivity contribution >= 4 is 0 Å². The predicted molar refractivity (Wildman–Crippen MR) is 54.0 cm³/mol. The monoisotopic (exact) mass is 169 g/mol. The summed E-state index contributed by atoms with van der Waals surface area (Å²) in [6, 6.07) is 0.480. The minimum atomic E-state index is 0.480. The second-order valence-corrected chi connectivity index (χ2v) is 4.75. The Morgan fingerprint density at radius 1 is 1.17 bits per heavy atom. The fourth-order valence-electron chi connectivity index (χ4n) is 1.55. The van der Waals surface area contributed by atoms with Gasteiger partial charge >= 0.3 is 0 Å². The third-order valence-electron chi connectivity index (χ3n) is 2.76. The van der Waals surface area contributed by atoms with Gasteiger partial charge in [0.25, 0.3) is 0 Å². The topological polar surface area (TPSA) is 26.0 Å². The summed E-state index contributed by atoms with van der Waals surface area (Å²) in [7, 11) is 0. The lowest BCUT2D eigenvalue weighted by Gasteiger charge is -2.12. The maximum absolute atomic E-state index is 6.00. The average molecular weight is 169 g/mol. The van der Waals surface area contributed by atoms with E-state index in [1.165, 1.54) is 38.5 Å². The van der Waals surface area contributed by atoms with Crippen molar-refractivity contribution in [1.29, 1.82) is 0 Å². The van der Waals surface area contributed by atoms with Crippen LogP contribution in [0, 0.1) is 11.8 Å². The number of nitrogens with two attached hydrogens (primary N) is 1. The van der Waals surface area contributed by atoms with Crippen LogP contribution in [-0.4, -0.2) is 6.04 Å². The summed E-state index contributed by atoms with van der Waals surface area (Å²) < 4.78 is 0. The van der Waals surface area contributed by atoms with Crippen molar-refractivity contribution in [2.75, 3.05) is 0 Å². The van der Waals surface area contributed by atoms with Crippen LogP contribution >= 0.6 is 0 Å². The second-order valence-electron chi connectivity index (χ2n) is 4.75. The molecule has 0 aliphatic heterocycles. The van der Waals surface area contributed by atoms with Gasteiger partial charge in [-0.3, -0.25) is 0 Å². The molecule has 12 heavy (non-hydrogen) atoms. The van der Waals surface area contributed by atoms with Crippen molar-refractivity contribution in [1.82, 2.24) is 0 Å². The molecule has 0 aromatic rings. The molecule has 0 saturated heterocycles. The Hall–Kier alpha value is -0.0400. The molecule has 1 aliphatic carbocycles. The smallest absolute Gasteiger partial charge is 0.00390 e. The summed E-state index contributed by atoms with van der Waals surface area (Å²) in [5.41, 5.74) is 6.00. The Balaban J connectivity index is 1.91.